The third kappa shape index (κ3) is 2.67. The number of ether oxygens (including phenoxy) is 1. The van der Waals surface area contributed by atoms with Gasteiger partial charge in [0, 0.05) is 12.1 Å². The highest BCUT2D eigenvalue weighted by atomic mass is 35.5. The van der Waals surface area contributed by atoms with Crippen molar-refractivity contribution in [1.82, 2.24) is 0 Å². The first kappa shape index (κ1) is 12.1. The summed E-state index contributed by atoms with van der Waals surface area (Å²) in [7, 11) is 0. The average Bonchev–Trinajstić information content (AvgIpc) is 2.73. The predicted octanol–water partition coefficient (Wildman–Crippen LogP) is 4.90. The van der Waals surface area contributed by atoms with Crippen LogP contribution in [-0.4, -0.2) is 0 Å². The zero-order chi connectivity index (χ0) is 12.4. The lowest BCUT2D eigenvalue weighted by Gasteiger charge is -2.05. The molecule has 0 saturated carbocycles. The van der Waals surface area contributed by atoms with Crippen molar-refractivity contribution in [3.8, 4) is 17.8 Å². The molecule has 0 aliphatic carbocycles. The Morgan fingerprint density at radius 1 is 1.06 bits per heavy atom. The molecule has 0 amide bonds. The van der Waals surface area contributed by atoms with E-state index in [2.05, 4.69) is 0 Å². The van der Waals surface area contributed by atoms with E-state index < -0.39 is 0 Å². The maximum atomic E-state index is 8.59. The Labute approximate surface area is 112 Å². The van der Waals surface area contributed by atoms with E-state index >= 15 is 0 Å². The molecule has 0 atom stereocenters. The average molecular weight is 289 g/mol. The predicted molar refractivity (Wildman–Crippen MR) is 65.0 cm³/mol. The highest BCUT2D eigenvalue weighted by Crippen LogP contribution is 2.36. The zero-order valence-corrected chi connectivity index (χ0v) is 10.5. The van der Waals surface area contributed by atoms with Gasteiger partial charge in [0.2, 0.25) is 5.76 Å². The fraction of sp³-hybridized carbons (Fsp3) is 0. The fourth-order valence-corrected chi connectivity index (χ4v) is 1.70. The van der Waals surface area contributed by atoms with Gasteiger partial charge in [0.15, 0.2) is 5.75 Å². The number of hydrogen-bond donors (Lipinski definition) is 0. The fourth-order valence-electron chi connectivity index (χ4n) is 1.13. The van der Waals surface area contributed by atoms with E-state index in [0.717, 1.165) is 0 Å². The summed E-state index contributed by atoms with van der Waals surface area (Å²) < 4.78 is 10.4. The lowest BCUT2D eigenvalue weighted by atomic mass is 10.3. The topological polar surface area (TPSA) is 46.2 Å². The smallest absolute Gasteiger partial charge is 0.291 e. The van der Waals surface area contributed by atoms with Crippen molar-refractivity contribution in [1.29, 1.82) is 5.26 Å². The zero-order valence-electron chi connectivity index (χ0n) is 8.21. The Bertz CT molecular complexity index is 601. The van der Waals surface area contributed by atoms with Gasteiger partial charge in [0.25, 0.3) is 5.95 Å². The van der Waals surface area contributed by atoms with Crippen molar-refractivity contribution in [3.05, 3.63) is 45.1 Å². The Morgan fingerprint density at radius 2 is 1.76 bits per heavy atom. The number of nitriles is 1. The van der Waals surface area contributed by atoms with E-state index in [0.29, 0.717) is 20.8 Å². The molecule has 3 nitrogen and oxygen atoms in total. The van der Waals surface area contributed by atoms with Crippen LogP contribution in [0.4, 0.5) is 0 Å². The highest BCUT2D eigenvalue weighted by molar-refractivity contribution is 6.43. The summed E-state index contributed by atoms with van der Waals surface area (Å²) in [5.74, 6) is 0.609. The molecule has 0 aliphatic heterocycles. The second kappa shape index (κ2) is 4.89. The molecule has 1 aromatic heterocycles. The maximum Gasteiger partial charge on any atom is 0.291 e. The standard InChI is InChI=1S/C11H4Cl3NO2/c12-7-3-9(14)10(4-8(7)13)17-11-2-1-6(5-15)16-11/h1-4H. The second-order valence-corrected chi connectivity index (χ2v) is 4.25. The Kier molecular flexibility index (Phi) is 3.49. The molecule has 1 heterocycles. The van der Waals surface area contributed by atoms with Gasteiger partial charge >= 0.3 is 0 Å². The van der Waals surface area contributed by atoms with E-state index in [9.17, 15) is 0 Å². The van der Waals surface area contributed by atoms with Gasteiger partial charge in [-0.15, -0.1) is 0 Å². The molecule has 0 N–H and O–H groups in total. The molecule has 0 bridgehead atoms. The molecule has 0 aliphatic rings. The van der Waals surface area contributed by atoms with Crippen molar-refractivity contribution in [2.24, 2.45) is 0 Å². The van der Waals surface area contributed by atoms with Gasteiger partial charge in [-0.05, 0) is 12.1 Å². The molecular formula is C11H4Cl3NO2. The van der Waals surface area contributed by atoms with Crippen LogP contribution in [0.5, 0.6) is 11.7 Å². The molecule has 0 radical (unpaired) electrons. The molecule has 0 unspecified atom stereocenters. The van der Waals surface area contributed by atoms with Crippen LogP contribution < -0.4 is 4.74 Å². The third-order valence-corrected chi connectivity index (χ3v) is 2.89. The first-order valence-electron chi connectivity index (χ1n) is 4.42. The summed E-state index contributed by atoms with van der Waals surface area (Å²) in [6.07, 6.45) is 0. The lowest BCUT2D eigenvalue weighted by Crippen LogP contribution is -1.84. The van der Waals surface area contributed by atoms with E-state index in [-0.39, 0.29) is 11.7 Å². The van der Waals surface area contributed by atoms with Crippen molar-refractivity contribution in [2.45, 2.75) is 0 Å². The molecule has 6 heteroatoms. The summed E-state index contributed by atoms with van der Waals surface area (Å²) >= 11 is 17.5. The third-order valence-electron chi connectivity index (χ3n) is 1.88. The van der Waals surface area contributed by atoms with Crippen LogP contribution in [0.15, 0.2) is 28.7 Å². The summed E-state index contributed by atoms with van der Waals surface area (Å²) in [6, 6.07) is 7.78. The van der Waals surface area contributed by atoms with Crippen LogP contribution in [0, 0.1) is 11.3 Å². The van der Waals surface area contributed by atoms with Crippen LogP contribution in [0.3, 0.4) is 0 Å². The molecule has 86 valence electrons. The normalized spacial score (nSPS) is 10.0. The van der Waals surface area contributed by atoms with Crippen LogP contribution in [0.25, 0.3) is 0 Å². The summed E-state index contributed by atoms with van der Waals surface area (Å²) in [6.45, 7) is 0. The van der Waals surface area contributed by atoms with Crippen LogP contribution in [-0.2, 0) is 0 Å². The molecule has 2 rings (SSSR count). The Morgan fingerprint density at radius 3 is 2.41 bits per heavy atom. The number of benzene rings is 1. The largest absolute Gasteiger partial charge is 0.424 e. The Hall–Kier alpha value is -1.34. The van der Waals surface area contributed by atoms with Crippen LogP contribution in [0.1, 0.15) is 5.76 Å². The monoisotopic (exact) mass is 287 g/mol. The van der Waals surface area contributed by atoms with E-state index in [4.69, 9.17) is 49.2 Å². The molecule has 0 saturated heterocycles. The Balaban J connectivity index is 2.30. The van der Waals surface area contributed by atoms with Crippen LogP contribution >= 0.6 is 34.8 Å². The van der Waals surface area contributed by atoms with Crippen molar-refractivity contribution < 1.29 is 9.15 Å². The summed E-state index contributed by atoms with van der Waals surface area (Å²) in [4.78, 5) is 0. The minimum absolute atomic E-state index is 0.149. The van der Waals surface area contributed by atoms with E-state index in [1.807, 2.05) is 6.07 Å². The van der Waals surface area contributed by atoms with Crippen molar-refractivity contribution in [2.75, 3.05) is 0 Å². The maximum absolute atomic E-state index is 8.59. The minimum atomic E-state index is 0.149. The molecule has 2 aromatic rings. The molecule has 17 heavy (non-hydrogen) atoms. The molecule has 0 spiro atoms. The lowest BCUT2D eigenvalue weighted by molar-refractivity contribution is 0.343. The first-order chi connectivity index (χ1) is 8.10. The minimum Gasteiger partial charge on any atom is -0.424 e. The van der Waals surface area contributed by atoms with Crippen molar-refractivity contribution in [3.63, 3.8) is 0 Å². The van der Waals surface area contributed by atoms with E-state index in [1.54, 1.807) is 0 Å². The molecule has 1 aromatic carbocycles. The summed E-state index contributed by atoms with van der Waals surface area (Å²) in [5, 5.41) is 9.54. The van der Waals surface area contributed by atoms with Gasteiger partial charge in [-0.3, -0.25) is 0 Å². The highest BCUT2D eigenvalue weighted by Gasteiger charge is 2.10. The van der Waals surface area contributed by atoms with Gasteiger partial charge < -0.3 is 9.15 Å². The SMILES string of the molecule is N#Cc1ccc(Oc2cc(Cl)c(Cl)cc2Cl)o1. The first-order valence-corrected chi connectivity index (χ1v) is 5.56. The van der Waals surface area contributed by atoms with Gasteiger partial charge in [-0.1, -0.05) is 34.8 Å². The van der Waals surface area contributed by atoms with Gasteiger partial charge in [-0.25, -0.2) is 0 Å². The van der Waals surface area contributed by atoms with E-state index in [1.165, 1.54) is 24.3 Å². The van der Waals surface area contributed by atoms with Gasteiger partial charge in [0.1, 0.15) is 6.07 Å². The number of halogens is 3. The number of furan rings is 1. The number of nitrogens with zero attached hydrogens (tertiary/aromatic N) is 1. The van der Waals surface area contributed by atoms with Crippen LogP contribution in [0.2, 0.25) is 15.1 Å². The van der Waals surface area contributed by atoms with Gasteiger partial charge in [0.05, 0.1) is 15.1 Å². The second-order valence-electron chi connectivity index (χ2n) is 3.03. The van der Waals surface area contributed by atoms with Crippen molar-refractivity contribution >= 4 is 34.8 Å². The summed E-state index contributed by atoms with van der Waals surface area (Å²) in [5.41, 5.74) is 0. The molecular weight excluding hydrogens is 284 g/mol. The van der Waals surface area contributed by atoms with Gasteiger partial charge in [-0.2, -0.15) is 5.26 Å². The number of rotatable bonds is 2. The molecule has 0 fully saturated rings. The number of hydrogen-bond acceptors (Lipinski definition) is 3. The quantitative estimate of drug-likeness (QED) is 0.738.